The number of alkyl halides is 3. The number of aromatic amines is 1. The Hall–Kier alpha value is -2.29. The van der Waals surface area contributed by atoms with E-state index >= 15 is 0 Å². The van der Waals surface area contributed by atoms with Crippen molar-refractivity contribution in [1.82, 2.24) is 14.9 Å². The maximum absolute atomic E-state index is 12.5. The molecule has 1 saturated carbocycles. The van der Waals surface area contributed by atoms with Crippen molar-refractivity contribution in [1.29, 1.82) is 0 Å². The number of amides is 1. The lowest BCUT2D eigenvalue weighted by Crippen LogP contribution is -2.33. The molecule has 1 unspecified atom stereocenters. The molecule has 1 aliphatic carbocycles. The van der Waals surface area contributed by atoms with Crippen molar-refractivity contribution in [3.63, 3.8) is 0 Å². The molecule has 1 fully saturated rings. The van der Waals surface area contributed by atoms with Gasteiger partial charge < -0.3 is 15.4 Å². The van der Waals surface area contributed by atoms with Gasteiger partial charge in [0.1, 0.15) is 6.54 Å². The quantitative estimate of drug-likeness (QED) is 0.767. The molecule has 6 nitrogen and oxygen atoms in total. The summed E-state index contributed by atoms with van der Waals surface area (Å²) in [7, 11) is 0. The molecular weight excluding hydrogens is 327 g/mol. The number of benzene rings is 1. The predicted molar refractivity (Wildman–Crippen MR) is 79.7 cm³/mol. The summed E-state index contributed by atoms with van der Waals surface area (Å²) in [6.07, 6.45) is -3.23. The maximum atomic E-state index is 12.5. The highest BCUT2D eigenvalue weighted by Gasteiger charge is 2.31. The number of aliphatic hydroxyl groups is 1. The lowest BCUT2D eigenvalue weighted by molar-refractivity contribution is -0.140. The van der Waals surface area contributed by atoms with Gasteiger partial charge in [0.2, 0.25) is 0 Å². The summed E-state index contributed by atoms with van der Waals surface area (Å²) in [5.41, 5.74) is -0.457. The van der Waals surface area contributed by atoms with Crippen LogP contribution in [0.3, 0.4) is 0 Å². The molecule has 24 heavy (non-hydrogen) atoms. The number of carbonyl (C=O) groups is 1. The third kappa shape index (κ3) is 3.61. The van der Waals surface area contributed by atoms with E-state index in [0.29, 0.717) is 4.57 Å². The van der Waals surface area contributed by atoms with Crippen molar-refractivity contribution in [2.24, 2.45) is 5.92 Å². The Morgan fingerprint density at radius 1 is 1.42 bits per heavy atom. The molecule has 9 heteroatoms. The number of imidazole rings is 1. The number of hydrogen-bond donors (Lipinski definition) is 3. The molecule has 0 bridgehead atoms. The lowest BCUT2D eigenvalue weighted by Gasteiger charge is -2.11. The topological polar surface area (TPSA) is 87.1 Å². The maximum Gasteiger partial charge on any atom is 0.406 e. The Bertz CT molecular complexity index is 821. The standard InChI is InChI=1S/C15H16F3N3O3/c16-15(17,18)7-21-11-4-3-9(5-10(11)20-14(21)24)13(23)19-6-12(22)8-1-2-8/h3-5,8,12,22H,1-2,6-7H2,(H,19,23)(H,20,24). The largest absolute Gasteiger partial charge is 0.406 e. The molecule has 1 amide bonds. The molecule has 2 aromatic rings. The van der Waals surface area contributed by atoms with Crippen LogP contribution in [-0.2, 0) is 6.54 Å². The molecule has 3 N–H and O–H groups in total. The number of halogens is 3. The van der Waals surface area contributed by atoms with E-state index in [-0.39, 0.29) is 29.1 Å². The molecule has 1 aromatic heterocycles. The first-order valence-corrected chi connectivity index (χ1v) is 7.50. The van der Waals surface area contributed by atoms with Crippen LogP contribution in [0, 0.1) is 5.92 Å². The minimum Gasteiger partial charge on any atom is -0.391 e. The Morgan fingerprint density at radius 2 is 2.12 bits per heavy atom. The van der Waals surface area contributed by atoms with E-state index in [1.165, 1.54) is 18.2 Å². The summed E-state index contributed by atoms with van der Waals surface area (Å²) in [6, 6.07) is 3.97. The van der Waals surface area contributed by atoms with Gasteiger partial charge in [0.15, 0.2) is 0 Å². The minimum atomic E-state index is -4.52. The van der Waals surface area contributed by atoms with Gasteiger partial charge in [0.25, 0.3) is 5.91 Å². The highest BCUT2D eigenvalue weighted by atomic mass is 19.4. The zero-order valence-electron chi connectivity index (χ0n) is 12.6. The van der Waals surface area contributed by atoms with Gasteiger partial charge in [-0.15, -0.1) is 0 Å². The minimum absolute atomic E-state index is 0.0758. The number of rotatable bonds is 5. The SMILES string of the molecule is O=C(NCC(O)C1CC1)c1ccc2c(c1)[nH]c(=O)n2CC(F)(F)F. The van der Waals surface area contributed by atoms with E-state index in [9.17, 15) is 27.9 Å². The fourth-order valence-corrected chi connectivity index (χ4v) is 2.59. The van der Waals surface area contributed by atoms with Crippen molar-refractivity contribution < 1.29 is 23.1 Å². The molecule has 130 valence electrons. The second-order valence-corrected chi connectivity index (χ2v) is 5.98. The van der Waals surface area contributed by atoms with Crippen LogP contribution < -0.4 is 11.0 Å². The molecule has 0 aliphatic heterocycles. The van der Waals surface area contributed by atoms with E-state index in [0.717, 1.165) is 12.8 Å². The van der Waals surface area contributed by atoms with Crippen molar-refractivity contribution in [3.8, 4) is 0 Å². The monoisotopic (exact) mass is 343 g/mol. The molecule has 0 spiro atoms. The molecule has 1 aliphatic rings. The van der Waals surface area contributed by atoms with Crippen LogP contribution in [0.2, 0.25) is 0 Å². The average Bonchev–Trinajstić information content (AvgIpc) is 3.30. The number of aromatic nitrogens is 2. The highest BCUT2D eigenvalue weighted by Crippen LogP contribution is 2.32. The second-order valence-electron chi connectivity index (χ2n) is 5.98. The summed E-state index contributed by atoms with van der Waals surface area (Å²) < 4.78 is 38.1. The van der Waals surface area contributed by atoms with Gasteiger partial charge >= 0.3 is 11.9 Å². The summed E-state index contributed by atoms with van der Waals surface area (Å²) in [6.45, 7) is -1.28. The predicted octanol–water partition coefficient (Wildman–Crippen LogP) is 1.39. The molecule has 0 radical (unpaired) electrons. The molecule has 1 aromatic carbocycles. The normalized spacial score (nSPS) is 16.3. The fourth-order valence-electron chi connectivity index (χ4n) is 2.59. The smallest absolute Gasteiger partial charge is 0.391 e. The zero-order valence-corrected chi connectivity index (χ0v) is 12.6. The van der Waals surface area contributed by atoms with Crippen molar-refractivity contribution in [3.05, 3.63) is 34.2 Å². The number of nitrogens with one attached hydrogen (secondary N) is 2. The van der Waals surface area contributed by atoms with Gasteiger partial charge in [-0.05, 0) is 37.0 Å². The van der Waals surface area contributed by atoms with Crippen LogP contribution in [0.15, 0.2) is 23.0 Å². The van der Waals surface area contributed by atoms with E-state index < -0.39 is 30.4 Å². The Balaban J connectivity index is 1.78. The number of fused-ring (bicyclic) bond motifs is 1. The summed E-state index contributed by atoms with van der Waals surface area (Å²) in [5.74, 6) is -0.235. The Labute approximate surface area is 134 Å². The van der Waals surface area contributed by atoms with Gasteiger partial charge in [-0.2, -0.15) is 13.2 Å². The first-order valence-electron chi connectivity index (χ1n) is 7.50. The van der Waals surface area contributed by atoms with Crippen LogP contribution in [0.5, 0.6) is 0 Å². The van der Waals surface area contributed by atoms with E-state index in [1.54, 1.807) is 0 Å². The number of hydrogen-bond acceptors (Lipinski definition) is 3. The Morgan fingerprint density at radius 3 is 2.75 bits per heavy atom. The van der Waals surface area contributed by atoms with Crippen molar-refractivity contribution in [2.75, 3.05) is 6.54 Å². The van der Waals surface area contributed by atoms with Crippen LogP contribution in [-0.4, -0.2) is 39.4 Å². The first kappa shape index (κ1) is 16.6. The second kappa shape index (κ2) is 5.97. The average molecular weight is 343 g/mol. The molecule has 1 atom stereocenters. The summed E-state index contributed by atoms with van der Waals surface area (Å²) in [4.78, 5) is 26.0. The first-order chi connectivity index (χ1) is 11.2. The molecule has 0 saturated heterocycles. The van der Waals surface area contributed by atoms with Gasteiger partial charge in [-0.1, -0.05) is 0 Å². The van der Waals surface area contributed by atoms with Crippen LogP contribution in [0.1, 0.15) is 23.2 Å². The summed E-state index contributed by atoms with van der Waals surface area (Å²) in [5, 5.41) is 12.3. The third-order valence-electron chi connectivity index (χ3n) is 4.01. The lowest BCUT2D eigenvalue weighted by atomic mass is 10.1. The number of nitrogens with zero attached hydrogens (tertiary/aromatic N) is 1. The number of H-pyrrole nitrogens is 1. The van der Waals surface area contributed by atoms with Gasteiger partial charge in [0, 0.05) is 12.1 Å². The summed E-state index contributed by atoms with van der Waals surface area (Å²) >= 11 is 0. The molecular formula is C15H16F3N3O3. The molecule has 3 rings (SSSR count). The number of carbonyl (C=O) groups excluding carboxylic acids is 1. The van der Waals surface area contributed by atoms with Crippen molar-refractivity contribution >= 4 is 16.9 Å². The third-order valence-corrected chi connectivity index (χ3v) is 4.01. The van der Waals surface area contributed by atoms with Gasteiger partial charge in [-0.25, -0.2) is 4.79 Å². The van der Waals surface area contributed by atoms with Crippen molar-refractivity contribution in [2.45, 2.75) is 31.7 Å². The van der Waals surface area contributed by atoms with E-state index in [4.69, 9.17) is 0 Å². The van der Waals surface area contributed by atoms with Crippen LogP contribution in [0.25, 0.3) is 11.0 Å². The van der Waals surface area contributed by atoms with Gasteiger partial charge in [-0.3, -0.25) is 9.36 Å². The van der Waals surface area contributed by atoms with Crippen LogP contribution >= 0.6 is 0 Å². The van der Waals surface area contributed by atoms with E-state index in [2.05, 4.69) is 10.3 Å². The highest BCUT2D eigenvalue weighted by molar-refractivity contribution is 5.97. The Kier molecular flexibility index (Phi) is 4.12. The van der Waals surface area contributed by atoms with Crippen LogP contribution in [0.4, 0.5) is 13.2 Å². The molecule has 1 heterocycles. The fraction of sp³-hybridized carbons (Fsp3) is 0.467. The number of aliphatic hydroxyl groups excluding tert-OH is 1. The van der Waals surface area contributed by atoms with E-state index in [1.807, 2.05) is 0 Å². The zero-order chi connectivity index (χ0) is 17.5. The van der Waals surface area contributed by atoms with Gasteiger partial charge in [0.05, 0.1) is 17.1 Å².